The number of nitrogens with zero attached hydrogens (tertiary/aromatic N) is 2. The molecule has 3 aromatic rings. The molecule has 0 unspecified atom stereocenters. The fourth-order valence-corrected chi connectivity index (χ4v) is 3.55. The van der Waals surface area contributed by atoms with Gasteiger partial charge in [0.2, 0.25) is 0 Å². The van der Waals surface area contributed by atoms with Gasteiger partial charge in [0.15, 0.2) is 6.61 Å². The topological polar surface area (TPSA) is 68.7 Å². The van der Waals surface area contributed by atoms with Crippen molar-refractivity contribution in [3.63, 3.8) is 0 Å². The molecule has 6 nitrogen and oxygen atoms in total. The highest BCUT2D eigenvalue weighted by atomic mass is 32.1. The Bertz CT molecular complexity index is 979. The standard InChI is InChI=1S/C21H20N2O4S/c1-23(13-19-22-16-8-4-6-10-18(16)28-19)20(24)14-27-21(25)12-11-15-7-3-5-9-17(15)26-2/h3-12H,13-14H2,1-2H3/b12-11+. The number of carbonyl (C=O) groups excluding carboxylic acids is 2. The van der Waals surface area contributed by atoms with Crippen LogP contribution in [0.1, 0.15) is 10.6 Å². The summed E-state index contributed by atoms with van der Waals surface area (Å²) in [7, 11) is 3.22. The number of carbonyl (C=O) groups is 2. The van der Waals surface area contributed by atoms with E-state index >= 15 is 0 Å². The number of esters is 1. The fourth-order valence-electron chi connectivity index (χ4n) is 2.53. The van der Waals surface area contributed by atoms with Crippen molar-refractivity contribution >= 4 is 39.5 Å². The quantitative estimate of drug-likeness (QED) is 0.451. The Kier molecular flexibility index (Phi) is 6.39. The Balaban J connectivity index is 1.51. The van der Waals surface area contributed by atoms with Crippen molar-refractivity contribution in [3.8, 4) is 5.75 Å². The molecule has 2 aromatic carbocycles. The van der Waals surface area contributed by atoms with E-state index in [-0.39, 0.29) is 12.5 Å². The predicted molar refractivity (Wildman–Crippen MR) is 109 cm³/mol. The monoisotopic (exact) mass is 396 g/mol. The second kappa shape index (κ2) is 9.14. The van der Waals surface area contributed by atoms with E-state index in [9.17, 15) is 9.59 Å². The highest BCUT2D eigenvalue weighted by Gasteiger charge is 2.14. The minimum absolute atomic E-state index is 0.293. The molecule has 0 saturated carbocycles. The molecular weight excluding hydrogens is 376 g/mol. The lowest BCUT2D eigenvalue weighted by Gasteiger charge is -2.15. The number of amides is 1. The third-order valence-corrected chi connectivity index (χ3v) is 5.03. The van der Waals surface area contributed by atoms with E-state index in [0.717, 1.165) is 20.8 Å². The Hall–Kier alpha value is -3.19. The van der Waals surface area contributed by atoms with Gasteiger partial charge in [-0.05, 0) is 24.3 Å². The molecule has 0 spiro atoms. The van der Waals surface area contributed by atoms with Crippen LogP contribution in [0.2, 0.25) is 0 Å². The zero-order valence-corrected chi connectivity index (χ0v) is 16.4. The van der Waals surface area contributed by atoms with Gasteiger partial charge in [-0.25, -0.2) is 9.78 Å². The van der Waals surface area contributed by atoms with E-state index in [2.05, 4.69) is 4.98 Å². The summed E-state index contributed by atoms with van der Waals surface area (Å²) in [6.45, 7) is 0.0449. The van der Waals surface area contributed by atoms with E-state index in [1.54, 1.807) is 37.6 Å². The molecule has 0 aliphatic carbocycles. The van der Waals surface area contributed by atoms with Crippen LogP contribution in [0.3, 0.4) is 0 Å². The maximum absolute atomic E-state index is 12.2. The largest absolute Gasteiger partial charge is 0.496 e. The number of hydrogen-bond donors (Lipinski definition) is 0. The lowest BCUT2D eigenvalue weighted by molar-refractivity contribution is -0.147. The average Bonchev–Trinajstić information content (AvgIpc) is 3.12. The number of fused-ring (bicyclic) bond motifs is 1. The molecule has 144 valence electrons. The van der Waals surface area contributed by atoms with Crippen LogP contribution in [0.25, 0.3) is 16.3 Å². The van der Waals surface area contributed by atoms with E-state index in [1.165, 1.54) is 11.0 Å². The molecule has 0 N–H and O–H groups in total. The summed E-state index contributed by atoms with van der Waals surface area (Å²) in [4.78, 5) is 30.1. The van der Waals surface area contributed by atoms with E-state index < -0.39 is 5.97 Å². The number of thiazole rings is 1. The Labute approximate surface area is 167 Å². The lowest BCUT2D eigenvalue weighted by Crippen LogP contribution is -2.30. The van der Waals surface area contributed by atoms with E-state index in [0.29, 0.717) is 12.3 Å². The van der Waals surface area contributed by atoms with E-state index in [1.807, 2.05) is 42.5 Å². The van der Waals surface area contributed by atoms with Crippen LogP contribution in [0.4, 0.5) is 0 Å². The van der Waals surface area contributed by atoms with Crippen LogP contribution >= 0.6 is 11.3 Å². The normalized spacial score (nSPS) is 10.9. The van der Waals surface area contributed by atoms with Crippen LogP contribution in [-0.2, 0) is 20.9 Å². The first-order chi connectivity index (χ1) is 13.6. The number of ether oxygens (including phenoxy) is 2. The molecule has 1 heterocycles. The average molecular weight is 396 g/mol. The van der Waals surface area contributed by atoms with Gasteiger partial charge in [0, 0.05) is 18.7 Å². The maximum Gasteiger partial charge on any atom is 0.331 e. The number of benzene rings is 2. The molecule has 0 radical (unpaired) electrons. The van der Waals surface area contributed by atoms with Crippen LogP contribution < -0.4 is 4.74 Å². The summed E-state index contributed by atoms with van der Waals surface area (Å²) in [6.07, 6.45) is 2.87. The molecule has 1 amide bonds. The number of rotatable bonds is 7. The molecule has 0 atom stereocenters. The molecule has 0 aliphatic heterocycles. The van der Waals surface area contributed by atoms with Gasteiger partial charge in [-0.2, -0.15) is 0 Å². The number of aromatic nitrogens is 1. The highest BCUT2D eigenvalue weighted by molar-refractivity contribution is 7.18. The molecule has 0 saturated heterocycles. The second-order valence-electron chi connectivity index (χ2n) is 6.01. The van der Waals surface area contributed by atoms with Gasteiger partial charge >= 0.3 is 5.97 Å². The molecule has 0 fully saturated rings. The van der Waals surface area contributed by atoms with Crippen LogP contribution in [0.5, 0.6) is 5.75 Å². The second-order valence-corrected chi connectivity index (χ2v) is 7.12. The first-order valence-electron chi connectivity index (χ1n) is 8.63. The van der Waals surface area contributed by atoms with Crippen molar-refractivity contribution in [1.29, 1.82) is 0 Å². The Morgan fingerprint density at radius 3 is 2.68 bits per heavy atom. The Morgan fingerprint density at radius 1 is 1.14 bits per heavy atom. The minimum atomic E-state index is -0.590. The van der Waals surface area contributed by atoms with Crippen LogP contribution in [0.15, 0.2) is 54.6 Å². The van der Waals surface area contributed by atoms with E-state index in [4.69, 9.17) is 9.47 Å². The van der Waals surface area contributed by atoms with Gasteiger partial charge < -0.3 is 14.4 Å². The number of para-hydroxylation sites is 2. The van der Waals surface area contributed by atoms with Crippen molar-refractivity contribution in [3.05, 3.63) is 65.2 Å². The zero-order valence-electron chi connectivity index (χ0n) is 15.6. The summed E-state index contributed by atoms with van der Waals surface area (Å²) in [5.74, 6) is -0.232. The summed E-state index contributed by atoms with van der Waals surface area (Å²) >= 11 is 1.54. The van der Waals surface area contributed by atoms with Crippen molar-refractivity contribution in [2.24, 2.45) is 0 Å². The van der Waals surface area contributed by atoms with Gasteiger partial charge in [-0.15, -0.1) is 11.3 Å². The number of likely N-dealkylation sites (N-methyl/N-ethyl adjacent to an activating group) is 1. The van der Waals surface area contributed by atoms with Gasteiger partial charge in [0.1, 0.15) is 10.8 Å². The molecule has 0 bridgehead atoms. The molecule has 0 aliphatic rings. The molecule has 3 rings (SSSR count). The van der Waals surface area contributed by atoms with Crippen molar-refractivity contribution in [2.75, 3.05) is 20.8 Å². The van der Waals surface area contributed by atoms with Gasteiger partial charge in [-0.3, -0.25) is 4.79 Å². The summed E-state index contributed by atoms with van der Waals surface area (Å²) in [5.41, 5.74) is 1.66. The maximum atomic E-state index is 12.2. The van der Waals surface area contributed by atoms with Gasteiger partial charge in [0.05, 0.1) is 23.9 Å². The number of methoxy groups -OCH3 is 1. The molecule has 1 aromatic heterocycles. The predicted octanol–water partition coefficient (Wildman–Crippen LogP) is 3.52. The third-order valence-electron chi connectivity index (χ3n) is 4.01. The Morgan fingerprint density at radius 2 is 1.89 bits per heavy atom. The van der Waals surface area contributed by atoms with Crippen LogP contribution in [-0.4, -0.2) is 42.5 Å². The summed E-state index contributed by atoms with van der Waals surface area (Å²) in [6, 6.07) is 15.1. The third kappa shape index (κ3) is 4.95. The summed E-state index contributed by atoms with van der Waals surface area (Å²) < 4.78 is 11.3. The lowest BCUT2D eigenvalue weighted by atomic mass is 10.2. The SMILES string of the molecule is COc1ccccc1/C=C/C(=O)OCC(=O)N(C)Cc1nc2ccccc2s1. The zero-order chi connectivity index (χ0) is 19.9. The van der Waals surface area contributed by atoms with Gasteiger partial charge in [0.25, 0.3) is 5.91 Å². The molecule has 28 heavy (non-hydrogen) atoms. The smallest absolute Gasteiger partial charge is 0.331 e. The van der Waals surface area contributed by atoms with Crippen LogP contribution in [0, 0.1) is 0 Å². The first kappa shape index (κ1) is 19.6. The molecule has 7 heteroatoms. The van der Waals surface area contributed by atoms with Crippen molar-refractivity contribution in [2.45, 2.75) is 6.54 Å². The fraction of sp³-hybridized carbons (Fsp3) is 0.190. The summed E-state index contributed by atoms with van der Waals surface area (Å²) in [5, 5.41) is 0.833. The number of hydrogen-bond acceptors (Lipinski definition) is 6. The first-order valence-corrected chi connectivity index (χ1v) is 9.44. The molecular formula is C21H20N2O4S. The van der Waals surface area contributed by atoms with Gasteiger partial charge in [-0.1, -0.05) is 30.3 Å². The van der Waals surface area contributed by atoms with Crippen molar-refractivity contribution < 1.29 is 19.1 Å². The highest BCUT2D eigenvalue weighted by Crippen LogP contribution is 2.22. The van der Waals surface area contributed by atoms with Crippen molar-refractivity contribution in [1.82, 2.24) is 9.88 Å². The minimum Gasteiger partial charge on any atom is -0.496 e.